The van der Waals surface area contributed by atoms with Crippen LogP contribution in [0.25, 0.3) is 10.9 Å². The molecule has 19 heavy (non-hydrogen) atoms. The number of pyridine rings is 1. The van der Waals surface area contributed by atoms with Crippen molar-refractivity contribution < 1.29 is 14.6 Å². The van der Waals surface area contributed by atoms with Crippen LogP contribution in [-0.2, 0) is 4.79 Å². The summed E-state index contributed by atoms with van der Waals surface area (Å²) >= 11 is 0. The molecule has 1 aliphatic carbocycles. The summed E-state index contributed by atoms with van der Waals surface area (Å²) < 4.78 is 5.74. The number of carbonyl (C=O) groups is 1. The van der Waals surface area contributed by atoms with Gasteiger partial charge in [-0.05, 0) is 31.0 Å². The van der Waals surface area contributed by atoms with Crippen molar-refractivity contribution >= 4 is 16.9 Å². The molecular formula is C15H15NO3. The fraction of sp³-hybridized carbons (Fsp3) is 0.333. The Hall–Kier alpha value is -2.10. The second-order valence-corrected chi connectivity index (χ2v) is 5.22. The summed E-state index contributed by atoms with van der Waals surface area (Å²) in [5.74, 6) is 0.00384. The van der Waals surface area contributed by atoms with Crippen LogP contribution in [0, 0.1) is 5.41 Å². The Morgan fingerprint density at radius 3 is 2.95 bits per heavy atom. The first-order valence-electron chi connectivity index (χ1n) is 6.36. The minimum Gasteiger partial charge on any atom is -0.493 e. The highest BCUT2D eigenvalue weighted by atomic mass is 16.5. The lowest BCUT2D eigenvalue weighted by atomic mass is 10.0. The average molecular weight is 257 g/mol. The van der Waals surface area contributed by atoms with Crippen molar-refractivity contribution in [1.29, 1.82) is 0 Å². The van der Waals surface area contributed by atoms with E-state index in [1.807, 2.05) is 30.3 Å². The van der Waals surface area contributed by atoms with Gasteiger partial charge in [0.25, 0.3) is 0 Å². The van der Waals surface area contributed by atoms with Crippen LogP contribution in [0.5, 0.6) is 5.75 Å². The molecule has 1 aliphatic rings. The van der Waals surface area contributed by atoms with Crippen molar-refractivity contribution in [2.45, 2.75) is 19.3 Å². The van der Waals surface area contributed by atoms with Gasteiger partial charge in [0.15, 0.2) is 0 Å². The first kappa shape index (κ1) is 12.0. The van der Waals surface area contributed by atoms with Crippen LogP contribution in [0.2, 0.25) is 0 Å². The molecule has 1 N–H and O–H groups in total. The third-order valence-electron chi connectivity index (χ3n) is 3.61. The molecule has 1 heterocycles. The minimum absolute atomic E-state index is 0.148. The molecular weight excluding hydrogens is 242 g/mol. The first-order chi connectivity index (χ1) is 9.17. The SMILES string of the molecule is O=C(O)CC1(COc2ccc3cccnc3c2)CC1. The van der Waals surface area contributed by atoms with E-state index < -0.39 is 5.97 Å². The van der Waals surface area contributed by atoms with Crippen molar-refractivity contribution in [1.82, 2.24) is 4.98 Å². The summed E-state index contributed by atoms with van der Waals surface area (Å²) in [6, 6.07) is 9.66. The number of rotatable bonds is 5. The zero-order chi connectivity index (χ0) is 13.3. The first-order valence-corrected chi connectivity index (χ1v) is 6.36. The summed E-state index contributed by atoms with van der Waals surface area (Å²) in [5, 5.41) is 9.93. The maximum absolute atomic E-state index is 10.8. The Morgan fingerprint density at radius 1 is 1.37 bits per heavy atom. The minimum atomic E-state index is -0.749. The molecule has 0 aliphatic heterocycles. The number of hydrogen-bond acceptors (Lipinski definition) is 3. The van der Waals surface area contributed by atoms with E-state index in [1.54, 1.807) is 6.20 Å². The monoisotopic (exact) mass is 257 g/mol. The highest BCUT2D eigenvalue weighted by Gasteiger charge is 2.45. The van der Waals surface area contributed by atoms with Crippen molar-refractivity contribution in [3.63, 3.8) is 0 Å². The maximum atomic E-state index is 10.8. The highest BCUT2D eigenvalue weighted by Crippen LogP contribution is 2.49. The van der Waals surface area contributed by atoms with Crippen LogP contribution in [0.1, 0.15) is 19.3 Å². The van der Waals surface area contributed by atoms with Crippen LogP contribution in [-0.4, -0.2) is 22.7 Å². The van der Waals surface area contributed by atoms with Crippen LogP contribution in [0.4, 0.5) is 0 Å². The third-order valence-corrected chi connectivity index (χ3v) is 3.61. The molecule has 0 atom stereocenters. The van der Waals surface area contributed by atoms with Crippen LogP contribution >= 0.6 is 0 Å². The molecule has 4 heteroatoms. The number of nitrogens with zero attached hydrogens (tertiary/aromatic N) is 1. The molecule has 0 saturated heterocycles. The van der Waals surface area contributed by atoms with Crippen LogP contribution in [0.3, 0.4) is 0 Å². The quantitative estimate of drug-likeness (QED) is 0.894. The molecule has 1 saturated carbocycles. The Morgan fingerprint density at radius 2 is 2.21 bits per heavy atom. The van der Waals surface area contributed by atoms with E-state index in [1.165, 1.54) is 0 Å². The highest BCUT2D eigenvalue weighted by molar-refractivity contribution is 5.79. The standard InChI is InChI=1S/C15H15NO3/c17-14(18)9-15(5-6-15)10-19-12-4-3-11-2-1-7-16-13(11)8-12/h1-4,7-8H,5-6,9-10H2,(H,17,18). The van der Waals surface area contributed by atoms with Crippen molar-refractivity contribution in [2.75, 3.05) is 6.61 Å². The van der Waals surface area contributed by atoms with E-state index in [2.05, 4.69) is 4.98 Å². The molecule has 0 radical (unpaired) electrons. The summed E-state index contributed by atoms with van der Waals surface area (Å²) in [6.45, 7) is 0.470. The molecule has 4 nitrogen and oxygen atoms in total. The Bertz CT molecular complexity index is 620. The smallest absolute Gasteiger partial charge is 0.304 e. The van der Waals surface area contributed by atoms with Crippen LogP contribution in [0.15, 0.2) is 36.5 Å². The van der Waals surface area contributed by atoms with Gasteiger partial charge >= 0.3 is 5.97 Å². The fourth-order valence-electron chi connectivity index (χ4n) is 2.24. The van der Waals surface area contributed by atoms with Gasteiger partial charge in [0.1, 0.15) is 5.75 Å². The zero-order valence-corrected chi connectivity index (χ0v) is 10.5. The number of hydrogen-bond donors (Lipinski definition) is 1. The van der Waals surface area contributed by atoms with Gasteiger partial charge in [-0.15, -0.1) is 0 Å². The molecule has 2 aromatic rings. The third kappa shape index (κ3) is 2.67. The Labute approximate surface area is 111 Å². The lowest BCUT2D eigenvalue weighted by Crippen LogP contribution is -2.17. The maximum Gasteiger partial charge on any atom is 0.304 e. The second kappa shape index (κ2) is 4.53. The van der Waals surface area contributed by atoms with Crippen molar-refractivity contribution in [2.24, 2.45) is 5.41 Å². The fourth-order valence-corrected chi connectivity index (χ4v) is 2.24. The molecule has 0 amide bonds. The van der Waals surface area contributed by atoms with Crippen molar-refractivity contribution in [3.8, 4) is 5.75 Å². The number of aliphatic carboxylic acids is 1. The number of carboxylic acid groups (broad SMARTS) is 1. The van der Waals surface area contributed by atoms with Gasteiger partial charge in [-0.3, -0.25) is 9.78 Å². The molecule has 0 bridgehead atoms. The van der Waals surface area contributed by atoms with Crippen molar-refractivity contribution in [3.05, 3.63) is 36.5 Å². The van der Waals surface area contributed by atoms with Gasteiger partial charge in [0.2, 0.25) is 0 Å². The summed E-state index contributed by atoms with van der Waals surface area (Å²) in [6.07, 6.45) is 3.81. The average Bonchev–Trinajstić information content (AvgIpc) is 3.15. The van der Waals surface area contributed by atoms with Gasteiger partial charge in [0, 0.05) is 23.1 Å². The van der Waals surface area contributed by atoms with E-state index in [0.29, 0.717) is 6.61 Å². The van der Waals surface area contributed by atoms with E-state index in [4.69, 9.17) is 9.84 Å². The van der Waals surface area contributed by atoms with Gasteiger partial charge in [-0.1, -0.05) is 6.07 Å². The summed E-state index contributed by atoms with van der Waals surface area (Å²) in [4.78, 5) is 15.1. The molecule has 1 fully saturated rings. The van der Waals surface area contributed by atoms with E-state index in [-0.39, 0.29) is 11.8 Å². The topological polar surface area (TPSA) is 59.4 Å². The number of fused-ring (bicyclic) bond motifs is 1. The van der Waals surface area contributed by atoms with Gasteiger partial charge in [-0.2, -0.15) is 0 Å². The van der Waals surface area contributed by atoms with Crippen LogP contribution < -0.4 is 4.74 Å². The van der Waals surface area contributed by atoms with Gasteiger partial charge < -0.3 is 9.84 Å². The largest absolute Gasteiger partial charge is 0.493 e. The second-order valence-electron chi connectivity index (χ2n) is 5.22. The summed E-state index contributed by atoms with van der Waals surface area (Å²) in [7, 11) is 0. The van der Waals surface area contributed by atoms with E-state index >= 15 is 0 Å². The Balaban J connectivity index is 1.70. The Kier molecular flexibility index (Phi) is 2.85. The normalized spacial score (nSPS) is 16.2. The van der Waals surface area contributed by atoms with Gasteiger partial charge in [-0.25, -0.2) is 0 Å². The predicted octanol–water partition coefficient (Wildman–Crippen LogP) is 2.87. The number of carboxylic acids is 1. The molecule has 98 valence electrons. The van der Waals surface area contributed by atoms with Gasteiger partial charge in [0.05, 0.1) is 18.5 Å². The number of benzene rings is 1. The lowest BCUT2D eigenvalue weighted by molar-refractivity contribution is -0.138. The molecule has 1 aromatic heterocycles. The number of aromatic nitrogens is 1. The zero-order valence-electron chi connectivity index (χ0n) is 10.5. The summed E-state index contributed by atoms with van der Waals surface area (Å²) in [5.41, 5.74) is 0.744. The molecule has 0 spiro atoms. The predicted molar refractivity (Wildman–Crippen MR) is 71.2 cm³/mol. The molecule has 1 aromatic carbocycles. The molecule has 0 unspecified atom stereocenters. The van der Waals surface area contributed by atoms with E-state index in [9.17, 15) is 4.79 Å². The van der Waals surface area contributed by atoms with E-state index in [0.717, 1.165) is 29.5 Å². The number of ether oxygens (including phenoxy) is 1. The lowest BCUT2D eigenvalue weighted by Gasteiger charge is -2.14. The molecule has 3 rings (SSSR count).